The van der Waals surface area contributed by atoms with Gasteiger partial charge in [0.15, 0.2) is 0 Å². The highest BCUT2D eigenvalue weighted by Gasteiger charge is 2.10. The second-order valence-corrected chi connectivity index (χ2v) is 4.58. The van der Waals surface area contributed by atoms with Crippen molar-refractivity contribution >= 4 is 23.2 Å². The summed E-state index contributed by atoms with van der Waals surface area (Å²) >= 11 is 11.8. The number of halogens is 2. The van der Waals surface area contributed by atoms with E-state index in [0.717, 1.165) is 0 Å². The van der Waals surface area contributed by atoms with Gasteiger partial charge in [-0.15, -0.1) is 0 Å². The Balaban J connectivity index is 2.93. The quantitative estimate of drug-likeness (QED) is 0.884. The molecule has 0 unspecified atom stereocenters. The lowest BCUT2D eigenvalue weighted by molar-refractivity contribution is 0.246. The number of ether oxygens (including phenoxy) is 1. The van der Waals surface area contributed by atoms with Crippen molar-refractivity contribution in [2.75, 3.05) is 6.61 Å². The fourth-order valence-corrected chi connectivity index (χ4v) is 1.73. The first-order chi connectivity index (χ1) is 7.04. The van der Waals surface area contributed by atoms with E-state index < -0.39 is 0 Å². The predicted octanol–water partition coefficient (Wildman–Crippen LogP) is 3.52. The number of hydrogen-bond acceptors (Lipinski definition) is 2. The smallest absolute Gasteiger partial charge is 0.143 e. The number of aliphatic hydroxyl groups excluding tert-OH is 1. The van der Waals surface area contributed by atoms with Crippen molar-refractivity contribution in [2.24, 2.45) is 5.92 Å². The number of hydrogen-bond donors (Lipinski definition) is 1. The van der Waals surface area contributed by atoms with Crippen LogP contribution in [-0.4, -0.2) is 11.7 Å². The molecule has 1 aromatic carbocycles. The van der Waals surface area contributed by atoms with Crippen molar-refractivity contribution in [2.45, 2.75) is 20.5 Å². The van der Waals surface area contributed by atoms with Crippen LogP contribution in [0.3, 0.4) is 0 Å². The van der Waals surface area contributed by atoms with E-state index in [1.165, 1.54) is 0 Å². The molecule has 0 aliphatic carbocycles. The van der Waals surface area contributed by atoms with Crippen LogP contribution in [0.4, 0.5) is 0 Å². The molecule has 1 N–H and O–H groups in total. The minimum Gasteiger partial charge on any atom is -0.491 e. The summed E-state index contributed by atoms with van der Waals surface area (Å²) in [7, 11) is 0. The summed E-state index contributed by atoms with van der Waals surface area (Å²) in [6.07, 6.45) is 0. The maximum Gasteiger partial charge on any atom is 0.143 e. The molecule has 1 rings (SSSR count). The molecule has 0 aromatic heterocycles. The highest BCUT2D eigenvalue weighted by Crippen LogP contribution is 2.32. The summed E-state index contributed by atoms with van der Waals surface area (Å²) in [6.45, 7) is 4.52. The van der Waals surface area contributed by atoms with E-state index in [4.69, 9.17) is 33.0 Å². The van der Waals surface area contributed by atoms with Crippen LogP contribution in [0.2, 0.25) is 10.0 Å². The Hall–Kier alpha value is -0.440. The Bertz CT molecular complexity index is 338. The van der Waals surface area contributed by atoms with Crippen LogP contribution in [0, 0.1) is 5.92 Å². The lowest BCUT2D eigenvalue weighted by Gasteiger charge is -2.13. The largest absolute Gasteiger partial charge is 0.491 e. The van der Waals surface area contributed by atoms with Crippen molar-refractivity contribution in [3.63, 3.8) is 0 Å². The van der Waals surface area contributed by atoms with E-state index in [2.05, 4.69) is 0 Å². The molecule has 0 saturated heterocycles. The first-order valence-electron chi connectivity index (χ1n) is 4.76. The lowest BCUT2D eigenvalue weighted by atomic mass is 10.2. The number of aliphatic hydroxyl groups is 1. The van der Waals surface area contributed by atoms with E-state index in [-0.39, 0.29) is 6.61 Å². The summed E-state index contributed by atoms with van der Waals surface area (Å²) in [5, 5.41) is 10.1. The van der Waals surface area contributed by atoms with Gasteiger partial charge in [0.2, 0.25) is 0 Å². The Morgan fingerprint density at radius 3 is 2.53 bits per heavy atom. The molecule has 0 aliphatic rings. The van der Waals surface area contributed by atoms with Gasteiger partial charge in [-0.25, -0.2) is 0 Å². The van der Waals surface area contributed by atoms with Crippen molar-refractivity contribution in [3.05, 3.63) is 27.7 Å². The molecule has 0 fully saturated rings. The first kappa shape index (κ1) is 12.6. The first-order valence-corrected chi connectivity index (χ1v) is 5.51. The third-order valence-electron chi connectivity index (χ3n) is 1.82. The van der Waals surface area contributed by atoms with Crippen LogP contribution < -0.4 is 4.74 Å². The van der Waals surface area contributed by atoms with Gasteiger partial charge in [-0.05, 0) is 18.1 Å². The zero-order chi connectivity index (χ0) is 11.4. The summed E-state index contributed by atoms with van der Waals surface area (Å²) in [6, 6.07) is 3.26. The molecule has 4 heteroatoms. The zero-order valence-electron chi connectivity index (χ0n) is 8.76. The van der Waals surface area contributed by atoms with Gasteiger partial charge in [-0.2, -0.15) is 0 Å². The monoisotopic (exact) mass is 248 g/mol. The van der Waals surface area contributed by atoms with Gasteiger partial charge in [-0.1, -0.05) is 37.0 Å². The zero-order valence-corrected chi connectivity index (χ0v) is 10.3. The van der Waals surface area contributed by atoms with Gasteiger partial charge >= 0.3 is 0 Å². The third kappa shape index (κ3) is 3.56. The average molecular weight is 249 g/mol. The van der Waals surface area contributed by atoms with E-state index in [1.807, 2.05) is 13.8 Å². The van der Waals surface area contributed by atoms with Crippen LogP contribution in [0.1, 0.15) is 19.4 Å². The summed E-state index contributed by atoms with van der Waals surface area (Å²) in [5.41, 5.74) is 0.619. The highest BCUT2D eigenvalue weighted by atomic mass is 35.5. The summed E-state index contributed by atoms with van der Waals surface area (Å²) in [5.74, 6) is 0.931. The molecule has 0 atom stereocenters. The number of benzene rings is 1. The Labute approximate surface area is 99.8 Å². The van der Waals surface area contributed by atoms with Gasteiger partial charge in [0.1, 0.15) is 5.75 Å². The summed E-state index contributed by atoms with van der Waals surface area (Å²) < 4.78 is 5.52. The van der Waals surface area contributed by atoms with Gasteiger partial charge in [0.05, 0.1) is 18.2 Å². The molecule has 2 nitrogen and oxygen atoms in total. The molecule has 1 aromatic rings. The van der Waals surface area contributed by atoms with Crippen molar-refractivity contribution in [1.82, 2.24) is 0 Å². The Morgan fingerprint density at radius 2 is 2.00 bits per heavy atom. The number of rotatable bonds is 4. The van der Waals surface area contributed by atoms with Crippen LogP contribution in [0.25, 0.3) is 0 Å². The van der Waals surface area contributed by atoms with Gasteiger partial charge in [-0.3, -0.25) is 0 Å². The van der Waals surface area contributed by atoms with E-state index in [0.29, 0.717) is 33.9 Å². The fraction of sp³-hybridized carbons (Fsp3) is 0.455. The molecule has 0 saturated carbocycles. The third-order valence-corrected chi connectivity index (χ3v) is 2.32. The molecule has 0 radical (unpaired) electrons. The second kappa shape index (κ2) is 5.59. The Morgan fingerprint density at radius 1 is 1.33 bits per heavy atom. The van der Waals surface area contributed by atoms with Crippen molar-refractivity contribution < 1.29 is 9.84 Å². The van der Waals surface area contributed by atoms with Crippen LogP contribution >= 0.6 is 23.2 Å². The molecule has 84 valence electrons. The van der Waals surface area contributed by atoms with E-state index in [9.17, 15) is 0 Å². The molecular weight excluding hydrogens is 235 g/mol. The van der Waals surface area contributed by atoms with Crippen molar-refractivity contribution in [1.29, 1.82) is 0 Å². The molecule has 0 heterocycles. The highest BCUT2D eigenvalue weighted by molar-refractivity contribution is 6.35. The maximum atomic E-state index is 9.14. The summed E-state index contributed by atoms with van der Waals surface area (Å²) in [4.78, 5) is 0. The van der Waals surface area contributed by atoms with E-state index >= 15 is 0 Å². The maximum absolute atomic E-state index is 9.14. The second-order valence-electron chi connectivity index (χ2n) is 3.74. The van der Waals surface area contributed by atoms with Gasteiger partial charge in [0.25, 0.3) is 0 Å². The van der Waals surface area contributed by atoms with Crippen LogP contribution in [0.15, 0.2) is 12.1 Å². The van der Waals surface area contributed by atoms with Gasteiger partial charge in [0, 0.05) is 10.6 Å². The van der Waals surface area contributed by atoms with Crippen molar-refractivity contribution in [3.8, 4) is 5.75 Å². The SMILES string of the molecule is CC(C)COc1c(Cl)cc(Cl)cc1CO. The van der Waals surface area contributed by atoms with Gasteiger partial charge < -0.3 is 9.84 Å². The average Bonchev–Trinajstić information content (AvgIpc) is 2.14. The van der Waals surface area contributed by atoms with Crippen LogP contribution in [-0.2, 0) is 6.61 Å². The minimum absolute atomic E-state index is 0.131. The topological polar surface area (TPSA) is 29.5 Å². The predicted molar refractivity (Wildman–Crippen MR) is 62.7 cm³/mol. The normalized spacial score (nSPS) is 10.8. The molecular formula is C11H14Cl2O2. The molecule has 0 aliphatic heterocycles. The molecule has 15 heavy (non-hydrogen) atoms. The molecule has 0 amide bonds. The fourth-order valence-electron chi connectivity index (χ4n) is 1.14. The molecule has 0 bridgehead atoms. The standard InChI is InChI=1S/C11H14Cl2O2/c1-7(2)6-15-11-8(5-14)3-9(12)4-10(11)13/h3-4,7,14H,5-6H2,1-2H3. The molecule has 0 spiro atoms. The van der Waals surface area contributed by atoms with E-state index in [1.54, 1.807) is 12.1 Å². The minimum atomic E-state index is -0.131. The van der Waals surface area contributed by atoms with Crippen LogP contribution in [0.5, 0.6) is 5.75 Å². The lowest BCUT2D eigenvalue weighted by Crippen LogP contribution is -2.06. The Kier molecular flexibility index (Phi) is 4.71.